The molecule has 1 aromatic carbocycles. The highest BCUT2D eigenvalue weighted by atomic mass is 35.5. The first-order valence-electron chi connectivity index (χ1n) is 3.93. The summed E-state index contributed by atoms with van der Waals surface area (Å²) in [6, 6.07) is 4.82. The van der Waals surface area contributed by atoms with E-state index in [0.29, 0.717) is 29.2 Å². The molecule has 0 aromatic heterocycles. The molecule has 13 heavy (non-hydrogen) atoms. The molecule has 0 fully saturated rings. The molecular weight excluding hydrogens is 188 g/mol. The van der Waals surface area contributed by atoms with Gasteiger partial charge in [0.2, 0.25) is 0 Å². The molecule has 0 unspecified atom stereocenters. The van der Waals surface area contributed by atoms with Crippen molar-refractivity contribution >= 4 is 23.1 Å². The van der Waals surface area contributed by atoms with Crippen molar-refractivity contribution in [3.05, 3.63) is 28.8 Å². The van der Waals surface area contributed by atoms with E-state index in [1.54, 1.807) is 18.2 Å². The number of carbonyl (C=O) groups excluding carboxylic acids is 1. The van der Waals surface area contributed by atoms with Crippen molar-refractivity contribution in [1.29, 1.82) is 0 Å². The number of hydrogen-bond acceptors (Lipinski definition) is 3. The number of carbonyl (C=O) groups is 1. The zero-order valence-electron chi connectivity index (χ0n) is 7.09. The summed E-state index contributed by atoms with van der Waals surface area (Å²) in [5.74, 6) is -0.0448. The van der Waals surface area contributed by atoms with Crippen LogP contribution >= 0.6 is 11.6 Å². The summed E-state index contributed by atoms with van der Waals surface area (Å²) in [6.45, 7) is 0.334. The van der Waals surface area contributed by atoms with Crippen LogP contribution in [0.3, 0.4) is 0 Å². The summed E-state index contributed by atoms with van der Waals surface area (Å²) in [4.78, 5) is 11.4. The predicted octanol–water partition coefficient (Wildman–Crippen LogP) is 1.45. The molecule has 1 rings (SSSR count). The van der Waals surface area contributed by atoms with Gasteiger partial charge in [-0.25, -0.2) is 0 Å². The van der Waals surface area contributed by atoms with E-state index < -0.39 is 0 Å². The summed E-state index contributed by atoms with van der Waals surface area (Å²) >= 11 is 5.68. The van der Waals surface area contributed by atoms with Crippen LogP contribution in [0.1, 0.15) is 16.8 Å². The first-order valence-corrected chi connectivity index (χ1v) is 4.31. The van der Waals surface area contributed by atoms with Crippen LogP contribution in [0.25, 0.3) is 0 Å². The van der Waals surface area contributed by atoms with Crippen LogP contribution in [-0.2, 0) is 0 Å². The molecule has 4 heteroatoms. The molecular formula is C9H11ClN2O. The van der Waals surface area contributed by atoms with Gasteiger partial charge in [-0.05, 0) is 24.7 Å². The summed E-state index contributed by atoms with van der Waals surface area (Å²) in [6.07, 6.45) is 0.311. The van der Waals surface area contributed by atoms with Gasteiger partial charge in [-0.1, -0.05) is 11.6 Å². The Morgan fingerprint density at radius 1 is 1.46 bits per heavy atom. The van der Waals surface area contributed by atoms with Crippen LogP contribution < -0.4 is 11.5 Å². The Bertz CT molecular complexity index is 325. The van der Waals surface area contributed by atoms with E-state index in [4.69, 9.17) is 23.1 Å². The summed E-state index contributed by atoms with van der Waals surface area (Å²) in [5.41, 5.74) is 11.8. The van der Waals surface area contributed by atoms with Gasteiger partial charge in [-0.3, -0.25) is 4.79 Å². The van der Waals surface area contributed by atoms with Gasteiger partial charge in [0.25, 0.3) is 0 Å². The average molecular weight is 199 g/mol. The quantitative estimate of drug-likeness (QED) is 0.571. The van der Waals surface area contributed by atoms with E-state index in [1.165, 1.54) is 0 Å². The van der Waals surface area contributed by atoms with Gasteiger partial charge in [-0.2, -0.15) is 0 Å². The zero-order valence-corrected chi connectivity index (χ0v) is 7.84. The number of rotatable bonds is 3. The number of Topliss-reactive ketones (excluding diaryl/α,β-unsaturated/α-hetero) is 1. The molecule has 0 aliphatic carbocycles. The van der Waals surface area contributed by atoms with Crippen molar-refractivity contribution < 1.29 is 4.79 Å². The molecule has 0 radical (unpaired) electrons. The highest BCUT2D eigenvalue weighted by Gasteiger charge is 2.08. The van der Waals surface area contributed by atoms with Crippen LogP contribution in [0.4, 0.5) is 5.69 Å². The van der Waals surface area contributed by atoms with E-state index in [0.717, 1.165) is 0 Å². The number of nitrogens with two attached hydrogens (primary N) is 2. The topological polar surface area (TPSA) is 69.1 Å². The Kier molecular flexibility index (Phi) is 3.28. The third-order valence-corrected chi connectivity index (χ3v) is 1.92. The lowest BCUT2D eigenvalue weighted by molar-refractivity contribution is 0.0986. The third kappa shape index (κ3) is 2.44. The number of benzene rings is 1. The van der Waals surface area contributed by atoms with E-state index in [1.807, 2.05) is 0 Å². The fourth-order valence-corrected chi connectivity index (χ4v) is 1.23. The van der Waals surface area contributed by atoms with E-state index in [9.17, 15) is 4.79 Å². The monoisotopic (exact) mass is 198 g/mol. The molecule has 4 N–H and O–H groups in total. The van der Waals surface area contributed by atoms with Crippen molar-refractivity contribution in [1.82, 2.24) is 0 Å². The molecule has 0 saturated carbocycles. The maximum Gasteiger partial charge on any atom is 0.166 e. The number of ketones is 1. The van der Waals surface area contributed by atoms with Crippen molar-refractivity contribution in [3.8, 4) is 0 Å². The van der Waals surface area contributed by atoms with Crippen molar-refractivity contribution in [3.63, 3.8) is 0 Å². The molecule has 0 saturated heterocycles. The lowest BCUT2D eigenvalue weighted by atomic mass is 10.1. The Morgan fingerprint density at radius 3 is 2.69 bits per heavy atom. The second-order valence-electron chi connectivity index (χ2n) is 2.69. The largest absolute Gasteiger partial charge is 0.398 e. The fraction of sp³-hybridized carbons (Fsp3) is 0.222. The molecule has 1 aromatic rings. The van der Waals surface area contributed by atoms with Crippen LogP contribution in [0.5, 0.6) is 0 Å². The average Bonchev–Trinajstić information content (AvgIpc) is 2.04. The predicted molar refractivity (Wildman–Crippen MR) is 53.9 cm³/mol. The van der Waals surface area contributed by atoms with Crippen LogP contribution in [-0.4, -0.2) is 12.3 Å². The van der Waals surface area contributed by atoms with Crippen molar-refractivity contribution in [2.75, 3.05) is 12.3 Å². The van der Waals surface area contributed by atoms with Crippen LogP contribution in [0.15, 0.2) is 18.2 Å². The lowest BCUT2D eigenvalue weighted by Crippen LogP contribution is -2.09. The van der Waals surface area contributed by atoms with Gasteiger partial charge in [0.15, 0.2) is 5.78 Å². The van der Waals surface area contributed by atoms with Gasteiger partial charge in [0.1, 0.15) is 0 Å². The van der Waals surface area contributed by atoms with Gasteiger partial charge in [-0.15, -0.1) is 0 Å². The maximum atomic E-state index is 11.4. The molecule has 0 atom stereocenters. The first-order chi connectivity index (χ1) is 6.15. The van der Waals surface area contributed by atoms with Gasteiger partial charge in [0, 0.05) is 22.7 Å². The second kappa shape index (κ2) is 4.25. The highest BCUT2D eigenvalue weighted by Crippen LogP contribution is 2.18. The highest BCUT2D eigenvalue weighted by molar-refractivity contribution is 6.31. The molecule has 0 bridgehead atoms. The smallest absolute Gasteiger partial charge is 0.166 e. The molecule has 3 nitrogen and oxygen atoms in total. The Balaban J connectivity index is 2.95. The first kappa shape index (κ1) is 10.0. The molecule has 0 spiro atoms. The zero-order chi connectivity index (χ0) is 9.84. The summed E-state index contributed by atoms with van der Waals surface area (Å²) in [7, 11) is 0. The minimum atomic E-state index is -0.0448. The SMILES string of the molecule is NCCC(=O)c1ccc(Cl)cc1N. The minimum Gasteiger partial charge on any atom is -0.398 e. The van der Waals surface area contributed by atoms with Crippen molar-refractivity contribution in [2.24, 2.45) is 5.73 Å². The van der Waals surface area contributed by atoms with Crippen molar-refractivity contribution in [2.45, 2.75) is 6.42 Å². The van der Waals surface area contributed by atoms with Gasteiger partial charge >= 0.3 is 0 Å². The summed E-state index contributed by atoms with van der Waals surface area (Å²) in [5, 5.41) is 0.529. The minimum absolute atomic E-state index is 0.0448. The van der Waals surface area contributed by atoms with E-state index in [2.05, 4.69) is 0 Å². The third-order valence-electron chi connectivity index (χ3n) is 1.69. The second-order valence-corrected chi connectivity index (χ2v) is 3.13. The lowest BCUT2D eigenvalue weighted by Gasteiger charge is -2.03. The summed E-state index contributed by atoms with van der Waals surface area (Å²) < 4.78 is 0. The number of hydrogen-bond donors (Lipinski definition) is 2. The molecule has 0 heterocycles. The van der Waals surface area contributed by atoms with E-state index >= 15 is 0 Å². The number of nitrogen functional groups attached to an aromatic ring is 1. The van der Waals surface area contributed by atoms with E-state index in [-0.39, 0.29) is 5.78 Å². The molecule has 70 valence electrons. The number of halogens is 1. The Hall–Kier alpha value is -1.06. The standard InChI is InChI=1S/C9H11ClN2O/c10-6-1-2-7(8(12)5-6)9(13)3-4-11/h1-2,5H,3-4,11-12H2. The molecule has 0 aliphatic heterocycles. The van der Waals surface area contributed by atoms with Crippen LogP contribution in [0.2, 0.25) is 5.02 Å². The molecule has 0 aliphatic rings. The maximum absolute atomic E-state index is 11.4. The Morgan fingerprint density at radius 2 is 2.15 bits per heavy atom. The normalized spacial score (nSPS) is 10.0. The number of anilines is 1. The van der Waals surface area contributed by atoms with Gasteiger partial charge in [0.05, 0.1) is 0 Å². The van der Waals surface area contributed by atoms with Gasteiger partial charge < -0.3 is 11.5 Å². The molecule has 0 amide bonds. The fourth-order valence-electron chi connectivity index (χ4n) is 1.05. The van der Waals surface area contributed by atoms with Crippen LogP contribution in [0, 0.1) is 0 Å². The Labute approximate surface area is 81.7 Å².